The molecule has 8 nitrogen and oxygen atoms in total. The second-order valence-electron chi connectivity index (χ2n) is 8.11. The molecule has 2 heterocycles. The molecule has 1 aliphatic rings. The van der Waals surface area contributed by atoms with Crippen LogP contribution in [-0.4, -0.2) is 24.7 Å². The molecule has 0 unspecified atom stereocenters. The Balaban J connectivity index is 1.57. The number of thioether (sulfide) groups is 1. The summed E-state index contributed by atoms with van der Waals surface area (Å²) < 4.78 is 24.2. The molecular weight excluding hydrogens is 531 g/mol. The van der Waals surface area contributed by atoms with E-state index in [4.69, 9.17) is 20.8 Å². The first kappa shape index (κ1) is 26.9. The number of ether oxygens (including phenoxy) is 1. The Bertz CT molecular complexity index is 1460. The van der Waals surface area contributed by atoms with Gasteiger partial charge in [-0.3, -0.25) is 9.59 Å². The van der Waals surface area contributed by atoms with Crippen molar-refractivity contribution in [3.8, 4) is 11.8 Å². The Morgan fingerprint density at radius 3 is 2.63 bits per heavy atom. The van der Waals surface area contributed by atoms with Gasteiger partial charge in [-0.05, 0) is 61.5 Å². The topological polar surface area (TPSA) is 116 Å². The minimum absolute atomic E-state index is 0.0432. The number of nitrogens with zero attached hydrogens (tertiary/aromatic N) is 1. The van der Waals surface area contributed by atoms with Crippen LogP contribution in [0, 0.1) is 17.1 Å². The highest BCUT2D eigenvalue weighted by Crippen LogP contribution is 2.41. The SMILES string of the molecule is COc1ccc(Cl)cc1NC(=O)CSC1=C(C#N)[C@@H](c2ccco2)C(C(=O)Nc2ccc(F)cc2)=C(C)N1. The van der Waals surface area contributed by atoms with Crippen molar-refractivity contribution in [1.29, 1.82) is 5.26 Å². The molecule has 3 N–H and O–H groups in total. The van der Waals surface area contributed by atoms with Crippen LogP contribution in [-0.2, 0) is 9.59 Å². The van der Waals surface area contributed by atoms with Crippen LogP contribution in [0.3, 0.4) is 0 Å². The largest absolute Gasteiger partial charge is 0.495 e. The minimum atomic E-state index is -0.824. The molecule has 194 valence electrons. The van der Waals surface area contributed by atoms with Gasteiger partial charge in [-0.2, -0.15) is 5.26 Å². The lowest BCUT2D eigenvalue weighted by molar-refractivity contribution is -0.114. The first-order valence-corrected chi connectivity index (χ1v) is 12.7. The summed E-state index contributed by atoms with van der Waals surface area (Å²) in [5.74, 6) is -1.29. The van der Waals surface area contributed by atoms with Crippen molar-refractivity contribution in [2.75, 3.05) is 23.5 Å². The van der Waals surface area contributed by atoms with Crippen LogP contribution in [0.5, 0.6) is 5.75 Å². The van der Waals surface area contributed by atoms with E-state index in [1.165, 1.54) is 37.6 Å². The molecule has 3 aromatic rings. The zero-order valence-electron chi connectivity index (χ0n) is 20.3. The lowest BCUT2D eigenvalue weighted by atomic mass is 9.85. The van der Waals surface area contributed by atoms with Crippen LogP contribution in [0.4, 0.5) is 15.8 Å². The number of hydrogen-bond acceptors (Lipinski definition) is 7. The van der Waals surface area contributed by atoms with Gasteiger partial charge in [0.05, 0.1) is 53.0 Å². The number of allylic oxidation sites excluding steroid dienone is 2. The van der Waals surface area contributed by atoms with E-state index in [2.05, 4.69) is 22.0 Å². The Morgan fingerprint density at radius 1 is 1.21 bits per heavy atom. The monoisotopic (exact) mass is 552 g/mol. The Labute approximate surface area is 227 Å². The molecule has 0 bridgehead atoms. The first-order chi connectivity index (χ1) is 18.3. The predicted molar refractivity (Wildman–Crippen MR) is 144 cm³/mol. The second-order valence-corrected chi connectivity index (χ2v) is 9.53. The standard InChI is InChI=1S/C27H22ClFN4O4S/c1-15-24(26(35)32-18-8-6-17(29)7-9-18)25(22-4-3-11-37-22)19(13-30)27(31-15)38-14-23(34)33-20-12-16(28)5-10-21(20)36-2/h3-12,25,31H,14H2,1-2H3,(H,32,35)(H,33,34)/t25-/m0/s1. The third-order valence-electron chi connectivity index (χ3n) is 5.61. The Kier molecular flexibility index (Phi) is 8.41. The van der Waals surface area contributed by atoms with Crippen LogP contribution < -0.4 is 20.7 Å². The molecule has 38 heavy (non-hydrogen) atoms. The van der Waals surface area contributed by atoms with E-state index in [-0.39, 0.29) is 22.8 Å². The van der Waals surface area contributed by atoms with Crippen molar-refractivity contribution in [2.45, 2.75) is 12.8 Å². The summed E-state index contributed by atoms with van der Waals surface area (Å²) in [6.45, 7) is 1.70. The molecule has 2 aromatic carbocycles. The number of anilines is 2. The molecular formula is C27H22ClFN4O4S. The van der Waals surface area contributed by atoms with E-state index < -0.39 is 17.6 Å². The number of benzene rings is 2. The number of amides is 2. The van der Waals surface area contributed by atoms with Gasteiger partial charge in [0.15, 0.2) is 0 Å². The van der Waals surface area contributed by atoms with Crippen molar-refractivity contribution in [2.24, 2.45) is 0 Å². The number of carbonyl (C=O) groups excluding carboxylic acids is 2. The fraction of sp³-hybridized carbons (Fsp3) is 0.148. The number of methoxy groups -OCH3 is 1. The minimum Gasteiger partial charge on any atom is -0.495 e. The van der Waals surface area contributed by atoms with E-state index in [1.807, 2.05) is 0 Å². The van der Waals surface area contributed by atoms with Gasteiger partial charge in [-0.25, -0.2) is 4.39 Å². The highest BCUT2D eigenvalue weighted by atomic mass is 35.5. The first-order valence-electron chi connectivity index (χ1n) is 11.3. The van der Waals surface area contributed by atoms with Gasteiger partial charge >= 0.3 is 0 Å². The van der Waals surface area contributed by atoms with Crippen molar-refractivity contribution in [3.63, 3.8) is 0 Å². The molecule has 2 amide bonds. The molecule has 0 aliphatic carbocycles. The summed E-state index contributed by atoms with van der Waals surface area (Å²) in [5.41, 5.74) is 1.77. The Morgan fingerprint density at radius 2 is 1.97 bits per heavy atom. The molecule has 0 radical (unpaired) electrons. The van der Waals surface area contributed by atoms with Crippen LogP contribution >= 0.6 is 23.4 Å². The van der Waals surface area contributed by atoms with Gasteiger partial charge in [0.1, 0.15) is 17.3 Å². The van der Waals surface area contributed by atoms with E-state index in [9.17, 15) is 19.2 Å². The quantitative estimate of drug-likeness (QED) is 0.324. The van der Waals surface area contributed by atoms with Crippen molar-refractivity contribution in [3.05, 3.63) is 99.3 Å². The number of nitrogens with one attached hydrogen (secondary N) is 3. The zero-order chi connectivity index (χ0) is 27.2. The highest BCUT2D eigenvalue weighted by Gasteiger charge is 2.36. The number of rotatable bonds is 8. The molecule has 1 atom stereocenters. The third-order valence-corrected chi connectivity index (χ3v) is 6.86. The average molecular weight is 553 g/mol. The van der Waals surface area contributed by atoms with Crippen LogP contribution in [0.25, 0.3) is 0 Å². The number of furan rings is 1. The third kappa shape index (κ3) is 6.02. The lowest BCUT2D eigenvalue weighted by Crippen LogP contribution is -2.31. The van der Waals surface area contributed by atoms with Gasteiger partial charge in [0.2, 0.25) is 5.91 Å². The summed E-state index contributed by atoms with van der Waals surface area (Å²) in [4.78, 5) is 26.1. The lowest BCUT2D eigenvalue weighted by Gasteiger charge is -2.28. The average Bonchev–Trinajstić information content (AvgIpc) is 3.43. The van der Waals surface area contributed by atoms with Gasteiger partial charge in [-0.1, -0.05) is 23.4 Å². The van der Waals surface area contributed by atoms with Gasteiger partial charge in [0, 0.05) is 16.4 Å². The van der Waals surface area contributed by atoms with Crippen LogP contribution in [0.1, 0.15) is 18.6 Å². The number of halogens is 2. The maximum absolute atomic E-state index is 13.3. The maximum Gasteiger partial charge on any atom is 0.254 e. The van der Waals surface area contributed by atoms with Gasteiger partial charge < -0.3 is 25.1 Å². The fourth-order valence-electron chi connectivity index (χ4n) is 3.90. The number of carbonyl (C=O) groups is 2. The molecule has 1 aliphatic heterocycles. The van der Waals surface area contributed by atoms with Crippen molar-refractivity contribution >= 4 is 46.6 Å². The Hall–Kier alpha value is -4.20. The highest BCUT2D eigenvalue weighted by molar-refractivity contribution is 8.03. The smallest absolute Gasteiger partial charge is 0.254 e. The molecule has 0 fully saturated rings. The van der Waals surface area contributed by atoms with E-state index in [1.54, 1.807) is 37.3 Å². The molecule has 1 aromatic heterocycles. The molecule has 4 rings (SSSR count). The van der Waals surface area contributed by atoms with E-state index >= 15 is 0 Å². The maximum atomic E-state index is 13.3. The number of dihydropyridines is 1. The molecule has 0 saturated carbocycles. The molecule has 0 saturated heterocycles. The van der Waals surface area contributed by atoms with E-state index in [0.717, 1.165) is 11.8 Å². The van der Waals surface area contributed by atoms with Gasteiger partial charge in [0.25, 0.3) is 5.91 Å². The van der Waals surface area contributed by atoms with Crippen molar-refractivity contribution < 1.29 is 23.1 Å². The van der Waals surface area contributed by atoms with Gasteiger partial charge in [-0.15, -0.1) is 0 Å². The van der Waals surface area contributed by atoms with Crippen molar-refractivity contribution in [1.82, 2.24) is 5.32 Å². The summed E-state index contributed by atoms with van der Waals surface area (Å²) in [6.07, 6.45) is 1.45. The normalized spacial score (nSPS) is 15.0. The summed E-state index contributed by atoms with van der Waals surface area (Å²) >= 11 is 7.15. The molecule has 11 heteroatoms. The van der Waals surface area contributed by atoms with Crippen LogP contribution in [0.2, 0.25) is 5.02 Å². The summed E-state index contributed by atoms with van der Waals surface area (Å²) in [5, 5.41) is 19.6. The summed E-state index contributed by atoms with van der Waals surface area (Å²) in [6, 6.07) is 15.7. The number of hydrogen-bond donors (Lipinski definition) is 3. The van der Waals surface area contributed by atoms with Crippen LogP contribution in [0.15, 0.2) is 87.1 Å². The zero-order valence-corrected chi connectivity index (χ0v) is 21.9. The van der Waals surface area contributed by atoms with E-state index in [0.29, 0.717) is 38.6 Å². The molecule has 0 spiro atoms. The predicted octanol–water partition coefficient (Wildman–Crippen LogP) is 5.79. The fourth-order valence-corrected chi connectivity index (χ4v) is 4.96. The summed E-state index contributed by atoms with van der Waals surface area (Å²) in [7, 11) is 1.48. The number of nitriles is 1. The second kappa shape index (κ2) is 11.9.